The molecule has 1 aliphatic heterocycles. The highest BCUT2D eigenvalue weighted by atomic mass is 32.2. The third-order valence-corrected chi connectivity index (χ3v) is 6.13. The van der Waals surface area contributed by atoms with Gasteiger partial charge in [0.15, 0.2) is 0 Å². The van der Waals surface area contributed by atoms with Crippen LogP contribution >= 0.6 is 0 Å². The van der Waals surface area contributed by atoms with Crippen LogP contribution < -0.4 is 5.32 Å². The van der Waals surface area contributed by atoms with Gasteiger partial charge in [0.1, 0.15) is 9.84 Å². The number of benzene rings is 1. The monoisotopic (exact) mass is 323 g/mol. The van der Waals surface area contributed by atoms with Crippen molar-refractivity contribution < 1.29 is 13.2 Å². The Kier molecular flexibility index (Phi) is 5.27. The van der Waals surface area contributed by atoms with E-state index in [-0.39, 0.29) is 35.3 Å². The Hall–Kier alpha value is -1.36. The van der Waals surface area contributed by atoms with Gasteiger partial charge in [-0.15, -0.1) is 0 Å². The smallest absolute Gasteiger partial charge is 0.223 e. The second-order valence-corrected chi connectivity index (χ2v) is 8.82. The van der Waals surface area contributed by atoms with Crippen molar-refractivity contribution in [1.29, 1.82) is 0 Å². The van der Waals surface area contributed by atoms with E-state index in [0.29, 0.717) is 12.8 Å². The van der Waals surface area contributed by atoms with Gasteiger partial charge in [-0.05, 0) is 36.8 Å². The zero-order chi connectivity index (χ0) is 16.3. The highest BCUT2D eigenvalue weighted by Crippen LogP contribution is 2.26. The first kappa shape index (κ1) is 17.0. The number of hydrogen-bond donors (Lipinski definition) is 1. The molecule has 0 aromatic heterocycles. The maximum atomic E-state index is 12.5. The molecule has 2 rings (SSSR count). The van der Waals surface area contributed by atoms with Gasteiger partial charge in [0, 0.05) is 5.92 Å². The fraction of sp³-hybridized carbons (Fsp3) is 0.588. The van der Waals surface area contributed by atoms with E-state index in [2.05, 4.69) is 19.2 Å². The van der Waals surface area contributed by atoms with Crippen molar-refractivity contribution in [3.05, 3.63) is 35.4 Å². The molecule has 1 unspecified atom stereocenters. The van der Waals surface area contributed by atoms with E-state index in [1.54, 1.807) is 0 Å². The van der Waals surface area contributed by atoms with Crippen LogP contribution in [-0.2, 0) is 14.6 Å². The Morgan fingerprint density at radius 2 is 1.77 bits per heavy atom. The lowest BCUT2D eigenvalue weighted by Gasteiger charge is -2.28. The summed E-state index contributed by atoms with van der Waals surface area (Å²) < 4.78 is 23.0. The van der Waals surface area contributed by atoms with Gasteiger partial charge in [-0.2, -0.15) is 0 Å². The minimum absolute atomic E-state index is 0.0168. The van der Waals surface area contributed by atoms with Crippen molar-refractivity contribution >= 4 is 15.7 Å². The van der Waals surface area contributed by atoms with Crippen LogP contribution in [-0.4, -0.2) is 25.8 Å². The normalized spacial score (nSPS) is 19.8. The maximum Gasteiger partial charge on any atom is 0.223 e. The first-order chi connectivity index (χ1) is 10.3. The summed E-state index contributed by atoms with van der Waals surface area (Å²) in [5.41, 5.74) is 2.29. The van der Waals surface area contributed by atoms with Crippen molar-refractivity contribution in [2.45, 2.75) is 39.7 Å². The minimum Gasteiger partial charge on any atom is -0.349 e. The molecule has 0 bridgehead atoms. The van der Waals surface area contributed by atoms with E-state index in [9.17, 15) is 13.2 Å². The molecular formula is C17H25NO3S. The summed E-state index contributed by atoms with van der Waals surface area (Å²) in [5.74, 6) is 0.326. The molecule has 1 saturated heterocycles. The SMILES string of the molecule is Cc1ccccc1C(NC(=O)C1CCS(=O)(=O)CC1)C(C)C. The van der Waals surface area contributed by atoms with Crippen LogP contribution in [0.1, 0.15) is 43.9 Å². The van der Waals surface area contributed by atoms with Crippen LogP contribution in [0, 0.1) is 18.8 Å². The largest absolute Gasteiger partial charge is 0.349 e. The summed E-state index contributed by atoms with van der Waals surface area (Å²) >= 11 is 0. The number of sulfone groups is 1. The average molecular weight is 323 g/mol. The molecular weight excluding hydrogens is 298 g/mol. The Morgan fingerprint density at radius 3 is 2.32 bits per heavy atom. The van der Waals surface area contributed by atoms with Gasteiger partial charge in [0.05, 0.1) is 17.5 Å². The molecule has 1 heterocycles. The van der Waals surface area contributed by atoms with Crippen molar-refractivity contribution in [2.75, 3.05) is 11.5 Å². The van der Waals surface area contributed by atoms with Gasteiger partial charge in [-0.3, -0.25) is 4.79 Å². The van der Waals surface area contributed by atoms with Crippen LogP contribution in [0.5, 0.6) is 0 Å². The van der Waals surface area contributed by atoms with Crippen molar-refractivity contribution in [3.8, 4) is 0 Å². The van der Waals surface area contributed by atoms with Gasteiger partial charge < -0.3 is 5.32 Å². The van der Waals surface area contributed by atoms with Gasteiger partial charge in [-0.1, -0.05) is 38.1 Å². The summed E-state index contributed by atoms with van der Waals surface area (Å²) in [6, 6.07) is 8.03. The lowest BCUT2D eigenvalue weighted by Crippen LogP contribution is -2.39. The first-order valence-electron chi connectivity index (χ1n) is 7.86. The van der Waals surface area contributed by atoms with Gasteiger partial charge in [-0.25, -0.2) is 8.42 Å². The molecule has 1 atom stereocenters. The Labute approximate surface area is 133 Å². The van der Waals surface area contributed by atoms with E-state index < -0.39 is 9.84 Å². The lowest BCUT2D eigenvalue weighted by atomic mass is 9.91. The summed E-state index contributed by atoms with van der Waals surface area (Å²) in [4.78, 5) is 12.5. The molecule has 0 spiro atoms. The zero-order valence-electron chi connectivity index (χ0n) is 13.5. The molecule has 4 nitrogen and oxygen atoms in total. The molecule has 122 valence electrons. The lowest BCUT2D eigenvalue weighted by molar-refractivity contribution is -0.126. The molecule has 5 heteroatoms. The highest BCUT2D eigenvalue weighted by Gasteiger charge is 2.30. The second kappa shape index (κ2) is 6.82. The predicted octanol–water partition coefficient (Wildman–Crippen LogP) is 2.63. The highest BCUT2D eigenvalue weighted by molar-refractivity contribution is 7.91. The number of amides is 1. The van der Waals surface area contributed by atoms with Gasteiger partial charge in [0.2, 0.25) is 5.91 Å². The van der Waals surface area contributed by atoms with Gasteiger partial charge >= 0.3 is 0 Å². The average Bonchev–Trinajstić information content (AvgIpc) is 2.45. The first-order valence-corrected chi connectivity index (χ1v) is 9.68. The molecule has 0 saturated carbocycles. The van der Waals surface area contributed by atoms with E-state index in [4.69, 9.17) is 0 Å². The Morgan fingerprint density at radius 1 is 1.18 bits per heavy atom. The summed E-state index contributed by atoms with van der Waals surface area (Å²) in [6.45, 7) is 6.22. The summed E-state index contributed by atoms with van der Waals surface area (Å²) in [5, 5.41) is 3.14. The minimum atomic E-state index is -2.93. The van der Waals surface area contributed by atoms with Crippen molar-refractivity contribution in [1.82, 2.24) is 5.32 Å². The number of rotatable bonds is 4. The van der Waals surface area contributed by atoms with E-state index >= 15 is 0 Å². The summed E-state index contributed by atoms with van der Waals surface area (Å²) in [7, 11) is -2.93. The molecule has 0 aliphatic carbocycles. The maximum absolute atomic E-state index is 12.5. The molecule has 1 fully saturated rings. The molecule has 1 N–H and O–H groups in total. The fourth-order valence-electron chi connectivity index (χ4n) is 2.96. The quantitative estimate of drug-likeness (QED) is 0.926. The van der Waals surface area contributed by atoms with Gasteiger partial charge in [0.25, 0.3) is 0 Å². The number of carbonyl (C=O) groups excluding carboxylic acids is 1. The number of aryl methyl sites for hydroxylation is 1. The molecule has 1 amide bonds. The standard InChI is InChI=1S/C17H25NO3S/c1-12(2)16(15-7-5-4-6-13(15)3)18-17(19)14-8-10-22(20,21)11-9-14/h4-7,12,14,16H,8-11H2,1-3H3,(H,18,19). The van der Waals surface area contributed by atoms with E-state index in [1.165, 1.54) is 0 Å². The molecule has 1 aromatic rings. The molecule has 1 aromatic carbocycles. The molecule has 22 heavy (non-hydrogen) atoms. The molecule has 1 aliphatic rings. The van der Waals surface area contributed by atoms with Crippen LogP contribution in [0.2, 0.25) is 0 Å². The third kappa shape index (κ3) is 4.09. The number of hydrogen-bond acceptors (Lipinski definition) is 3. The molecule has 0 radical (unpaired) electrons. The van der Waals surface area contributed by atoms with Crippen molar-refractivity contribution in [3.63, 3.8) is 0 Å². The number of nitrogens with one attached hydrogen (secondary N) is 1. The third-order valence-electron chi connectivity index (χ3n) is 4.41. The van der Waals surface area contributed by atoms with Crippen LogP contribution in [0.25, 0.3) is 0 Å². The number of carbonyl (C=O) groups is 1. The topological polar surface area (TPSA) is 63.2 Å². The zero-order valence-corrected chi connectivity index (χ0v) is 14.3. The van der Waals surface area contributed by atoms with Crippen LogP contribution in [0.4, 0.5) is 0 Å². The fourth-order valence-corrected chi connectivity index (χ4v) is 4.45. The van der Waals surface area contributed by atoms with E-state index in [0.717, 1.165) is 11.1 Å². The van der Waals surface area contributed by atoms with Crippen LogP contribution in [0.15, 0.2) is 24.3 Å². The van der Waals surface area contributed by atoms with Crippen molar-refractivity contribution in [2.24, 2.45) is 11.8 Å². The Balaban J connectivity index is 2.09. The van der Waals surface area contributed by atoms with E-state index in [1.807, 2.05) is 31.2 Å². The van der Waals surface area contributed by atoms with Crippen LogP contribution in [0.3, 0.4) is 0 Å². The Bertz CT molecular complexity index is 623. The summed E-state index contributed by atoms with van der Waals surface area (Å²) in [6.07, 6.45) is 0.875. The predicted molar refractivity (Wildman–Crippen MR) is 88.3 cm³/mol. The second-order valence-electron chi connectivity index (χ2n) is 6.51.